The van der Waals surface area contributed by atoms with Crippen LogP contribution < -0.4 is 4.74 Å². The van der Waals surface area contributed by atoms with Gasteiger partial charge in [-0.25, -0.2) is 4.98 Å². The van der Waals surface area contributed by atoms with Gasteiger partial charge in [0.05, 0.1) is 18.8 Å². The first-order valence-electron chi connectivity index (χ1n) is 8.16. The van der Waals surface area contributed by atoms with Gasteiger partial charge in [-0.05, 0) is 18.2 Å². The molecule has 3 aromatic rings. The van der Waals surface area contributed by atoms with Gasteiger partial charge in [-0.2, -0.15) is 10.4 Å². The van der Waals surface area contributed by atoms with Crippen molar-refractivity contribution in [3.63, 3.8) is 0 Å². The van der Waals surface area contributed by atoms with E-state index in [4.69, 9.17) is 10.00 Å². The third-order valence-corrected chi connectivity index (χ3v) is 4.18. The lowest BCUT2D eigenvalue weighted by atomic mass is 10.1. The molecule has 1 aromatic carbocycles. The zero-order valence-electron chi connectivity index (χ0n) is 13.8. The lowest BCUT2D eigenvalue weighted by Gasteiger charge is -2.38. The number of likely N-dealkylation sites (tertiary alicyclic amines) is 1. The first-order chi connectivity index (χ1) is 12.7. The van der Waals surface area contributed by atoms with Crippen molar-refractivity contribution in [1.29, 1.82) is 5.26 Å². The lowest BCUT2D eigenvalue weighted by Crippen LogP contribution is -2.56. The average Bonchev–Trinajstić information content (AvgIpc) is 3.15. The molecule has 2 aromatic heterocycles. The second-order valence-corrected chi connectivity index (χ2v) is 5.95. The van der Waals surface area contributed by atoms with Gasteiger partial charge in [0.1, 0.15) is 23.4 Å². The third kappa shape index (κ3) is 3.00. The molecule has 1 aliphatic rings. The minimum absolute atomic E-state index is 0.124. The quantitative estimate of drug-likeness (QED) is 0.782. The fourth-order valence-electron chi connectivity index (χ4n) is 2.76. The highest BCUT2D eigenvalue weighted by atomic mass is 16.5. The van der Waals surface area contributed by atoms with E-state index in [0.29, 0.717) is 30.2 Å². The summed E-state index contributed by atoms with van der Waals surface area (Å²) in [5.41, 5.74) is 2.51. The van der Waals surface area contributed by atoms with Crippen LogP contribution in [0.2, 0.25) is 0 Å². The molecule has 3 heterocycles. The number of nitriles is 1. The summed E-state index contributed by atoms with van der Waals surface area (Å²) in [6.07, 6.45) is 1.41. The van der Waals surface area contributed by atoms with Crippen LogP contribution in [0.15, 0.2) is 54.7 Å². The van der Waals surface area contributed by atoms with E-state index < -0.39 is 0 Å². The Bertz CT molecular complexity index is 971. The van der Waals surface area contributed by atoms with Gasteiger partial charge in [0, 0.05) is 11.8 Å². The van der Waals surface area contributed by atoms with E-state index >= 15 is 0 Å². The van der Waals surface area contributed by atoms with Gasteiger partial charge in [-0.15, -0.1) is 0 Å². The van der Waals surface area contributed by atoms with Crippen molar-refractivity contribution in [1.82, 2.24) is 20.1 Å². The van der Waals surface area contributed by atoms with Gasteiger partial charge < -0.3 is 9.64 Å². The predicted molar refractivity (Wildman–Crippen MR) is 93.3 cm³/mol. The van der Waals surface area contributed by atoms with Crippen LogP contribution in [0.3, 0.4) is 0 Å². The minimum Gasteiger partial charge on any atom is -0.470 e. The smallest absolute Gasteiger partial charge is 0.272 e. The number of nitrogens with one attached hydrogen (secondary N) is 1. The number of benzene rings is 1. The summed E-state index contributed by atoms with van der Waals surface area (Å²) < 4.78 is 5.71. The molecular formula is C19H15N5O2. The van der Waals surface area contributed by atoms with E-state index in [2.05, 4.69) is 15.2 Å². The topological polar surface area (TPSA) is 94.9 Å². The molecule has 0 unspecified atom stereocenters. The number of amides is 1. The van der Waals surface area contributed by atoms with Crippen molar-refractivity contribution in [3.8, 4) is 23.2 Å². The molecule has 1 amide bonds. The maximum Gasteiger partial charge on any atom is 0.272 e. The molecule has 1 N–H and O–H groups in total. The van der Waals surface area contributed by atoms with Crippen LogP contribution in [-0.2, 0) is 0 Å². The number of carbonyl (C=O) groups is 1. The highest BCUT2D eigenvalue weighted by Gasteiger charge is 2.34. The monoisotopic (exact) mass is 345 g/mol. The molecule has 7 nitrogen and oxygen atoms in total. The Morgan fingerprint density at radius 3 is 2.81 bits per heavy atom. The standard InChI is InChI=1S/C19H15N5O2/c20-10-14-7-4-8-21-18(14)26-15-11-24(12-15)19(25)17-9-16(22-23-17)13-5-2-1-3-6-13/h1-9,15H,11-12H2,(H,22,23). The number of ether oxygens (including phenoxy) is 1. The Labute approximate surface area is 149 Å². The summed E-state index contributed by atoms with van der Waals surface area (Å²) in [4.78, 5) is 18.3. The molecular weight excluding hydrogens is 330 g/mol. The van der Waals surface area contributed by atoms with Crippen LogP contribution in [0.4, 0.5) is 0 Å². The third-order valence-electron chi connectivity index (χ3n) is 4.18. The molecule has 0 atom stereocenters. The molecule has 0 spiro atoms. The second-order valence-electron chi connectivity index (χ2n) is 5.95. The Morgan fingerprint density at radius 2 is 2.04 bits per heavy atom. The summed E-state index contributed by atoms with van der Waals surface area (Å²) >= 11 is 0. The Morgan fingerprint density at radius 1 is 1.23 bits per heavy atom. The number of H-pyrrole nitrogens is 1. The second kappa shape index (κ2) is 6.69. The summed E-state index contributed by atoms with van der Waals surface area (Å²) in [5, 5.41) is 16.1. The number of nitrogens with zero attached hydrogens (tertiary/aromatic N) is 4. The number of aromatic amines is 1. The first-order valence-corrected chi connectivity index (χ1v) is 8.16. The van der Waals surface area contributed by atoms with Crippen molar-refractivity contribution < 1.29 is 9.53 Å². The summed E-state index contributed by atoms with van der Waals surface area (Å²) in [5.74, 6) is 0.182. The Kier molecular flexibility index (Phi) is 4.07. The maximum absolute atomic E-state index is 12.5. The van der Waals surface area contributed by atoms with Gasteiger partial charge in [0.25, 0.3) is 5.91 Å². The van der Waals surface area contributed by atoms with Crippen LogP contribution in [0, 0.1) is 11.3 Å². The highest BCUT2D eigenvalue weighted by Crippen LogP contribution is 2.22. The van der Waals surface area contributed by atoms with Gasteiger partial charge in [-0.3, -0.25) is 9.89 Å². The fraction of sp³-hybridized carbons (Fsp3) is 0.158. The van der Waals surface area contributed by atoms with Crippen LogP contribution in [0.1, 0.15) is 16.1 Å². The summed E-state index contributed by atoms with van der Waals surface area (Å²) in [6, 6.07) is 16.8. The van der Waals surface area contributed by atoms with Crippen LogP contribution in [0.25, 0.3) is 11.3 Å². The van der Waals surface area contributed by atoms with Gasteiger partial charge >= 0.3 is 0 Å². The summed E-state index contributed by atoms with van der Waals surface area (Å²) in [7, 11) is 0. The zero-order chi connectivity index (χ0) is 17.9. The van der Waals surface area contributed by atoms with E-state index in [-0.39, 0.29) is 12.0 Å². The first kappa shape index (κ1) is 15.8. The molecule has 1 saturated heterocycles. The van der Waals surface area contributed by atoms with Crippen molar-refractivity contribution in [2.45, 2.75) is 6.10 Å². The van der Waals surface area contributed by atoms with E-state index in [9.17, 15) is 4.79 Å². The van der Waals surface area contributed by atoms with E-state index in [1.165, 1.54) is 0 Å². The predicted octanol–water partition coefficient (Wildman–Crippen LogP) is 2.25. The van der Waals surface area contributed by atoms with Crippen LogP contribution >= 0.6 is 0 Å². The van der Waals surface area contributed by atoms with E-state index in [0.717, 1.165) is 11.3 Å². The highest BCUT2D eigenvalue weighted by molar-refractivity contribution is 5.94. The fourth-order valence-corrected chi connectivity index (χ4v) is 2.76. The van der Waals surface area contributed by atoms with Crippen molar-refractivity contribution in [2.75, 3.05) is 13.1 Å². The number of rotatable bonds is 4. The largest absolute Gasteiger partial charge is 0.470 e. The molecule has 26 heavy (non-hydrogen) atoms. The zero-order valence-corrected chi connectivity index (χ0v) is 13.8. The maximum atomic E-state index is 12.5. The van der Waals surface area contributed by atoms with Gasteiger partial charge in [0.2, 0.25) is 5.88 Å². The van der Waals surface area contributed by atoms with Crippen molar-refractivity contribution in [3.05, 3.63) is 66.0 Å². The molecule has 1 aliphatic heterocycles. The molecule has 0 saturated carbocycles. The normalized spacial score (nSPS) is 13.7. The summed E-state index contributed by atoms with van der Waals surface area (Å²) in [6.45, 7) is 0.889. The van der Waals surface area contributed by atoms with Gasteiger partial charge in [0.15, 0.2) is 0 Å². The Balaban J connectivity index is 1.38. The number of carbonyl (C=O) groups excluding carboxylic acids is 1. The molecule has 7 heteroatoms. The van der Waals surface area contributed by atoms with Gasteiger partial charge in [-0.1, -0.05) is 30.3 Å². The van der Waals surface area contributed by atoms with E-state index in [1.54, 1.807) is 29.3 Å². The molecule has 0 aliphatic carbocycles. The SMILES string of the molecule is N#Cc1cccnc1OC1CN(C(=O)c2cc(-c3ccccc3)n[nH]2)C1. The average molecular weight is 345 g/mol. The number of pyridine rings is 1. The number of aromatic nitrogens is 3. The molecule has 128 valence electrons. The van der Waals surface area contributed by atoms with E-state index in [1.807, 2.05) is 36.4 Å². The van der Waals surface area contributed by atoms with Crippen LogP contribution in [0.5, 0.6) is 5.88 Å². The lowest BCUT2D eigenvalue weighted by molar-refractivity contribution is 0.0154. The number of hydrogen-bond acceptors (Lipinski definition) is 5. The molecule has 0 radical (unpaired) electrons. The minimum atomic E-state index is -0.169. The number of hydrogen-bond donors (Lipinski definition) is 1. The van der Waals surface area contributed by atoms with Crippen molar-refractivity contribution >= 4 is 5.91 Å². The van der Waals surface area contributed by atoms with Crippen molar-refractivity contribution in [2.24, 2.45) is 0 Å². The molecule has 0 bridgehead atoms. The molecule has 4 rings (SSSR count). The Hall–Kier alpha value is -3.66. The molecule has 1 fully saturated rings. The van der Waals surface area contributed by atoms with Crippen LogP contribution in [-0.4, -0.2) is 45.2 Å².